The molecule has 0 saturated carbocycles. The monoisotopic (exact) mass is 300 g/mol. The zero-order chi connectivity index (χ0) is 16.2. The number of benzene rings is 2. The molecule has 0 heterocycles. The number of aromatic hydroxyl groups is 3. The standard InChI is InChI=1S/C16H12O6/c1-6-12-9(5-11(18)14(6)19)15(20)8-3-7(22-2)4-10(17)13(8)16(12)21/h3-5,17-19H,1-2H3. The molecule has 6 nitrogen and oxygen atoms in total. The van der Waals surface area contributed by atoms with Crippen molar-refractivity contribution in [3.8, 4) is 23.0 Å². The normalized spacial score (nSPS) is 12.8. The molecule has 112 valence electrons. The Balaban J connectivity index is 2.38. The van der Waals surface area contributed by atoms with Gasteiger partial charge in [0.1, 0.15) is 11.5 Å². The summed E-state index contributed by atoms with van der Waals surface area (Å²) in [5.41, 5.74) is -0.0780. The highest BCUT2D eigenvalue weighted by atomic mass is 16.5. The Kier molecular flexibility index (Phi) is 2.84. The van der Waals surface area contributed by atoms with E-state index in [0.717, 1.165) is 6.07 Å². The molecule has 22 heavy (non-hydrogen) atoms. The Hall–Kier alpha value is -3.02. The molecule has 1 aliphatic rings. The summed E-state index contributed by atoms with van der Waals surface area (Å²) in [4.78, 5) is 25.2. The van der Waals surface area contributed by atoms with Gasteiger partial charge >= 0.3 is 0 Å². The fourth-order valence-corrected chi connectivity index (χ4v) is 2.67. The molecule has 0 radical (unpaired) electrons. The van der Waals surface area contributed by atoms with Crippen LogP contribution in [0.2, 0.25) is 0 Å². The van der Waals surface area contributed by atoms with Gasteiger partial charge in [-0.3, -0.25) is 9.59 Å². The summed E-state index contributed by atoms with van der Waals surface area (Å²) in [7, 11) is 1.37. The summed E-state index contributed by atoms with van der Waals surface area (Å²) in [6, 6.07) is 3.65. The van der Waals surface area contributed by atoms with E-state index in [9.17, 15) is 24.9 Å². The highest BCUT2D eigenvalue weighted by molar-refractivity contribution is 6.30. The second-order valence-electron chi connectivity index (χ2n) is 5.02. The fraction of sp³-hybridized carbons (Fsp3) is 0.125. The molecule has 1 aliphatic carbocycles. The predicted molar refractivity (Wildman–Crippen MR) is 76.0 cm³/mol. The summed E-state index contributed by atoms with van der Waals surface area (Å²) in [6.45, 7) is 1.42. The molecule has 0 aromatic heterocycles. The Bertz CT molecular complexity index is 850. The molecule has 0 saturated heterocycles. The van der Waals surface area contributed by atoms with Crippen molar-refractivity contribution in [2.75, 3.05) is 7.11 Å². The molecule has 0 bridgehead atoms. The van der Waals surface area contributed by atoms with E-state index in [-0.39, 0.29) is 39.3 Å². The van der Waals surface area contributed by atoms with E-state index >= 15 is 0 Å². The minimum atomic E-state index is -0.586. The Morgan fingerprint density at radius 2 is 1.50 bits per heavy atom. The third-order valence-corrected chi connectivity index (χ3v) is 3.79. The van der Waals surface area contributed by atoms with Crippen molar-refractivity contribution in [2.24, 2.45) is 0 Å². The number of phenols is 3. The molecule has 6 heteroatoms. The van der Waals surface area contributed by atoms with E-state index in [4.69, 9.17) is 4.74 Å². The van der Waals surface area contributed by atoms with Crippen LogP contribution in [0.5, 0.6) is 23.0 Å². The number of hydrogen-bond donors (Lipinski definition) is 3. The highest BCUT2D eigenvalue weighted by Crippen LogP contribution is 2.41. The predicted octanol–water partition coefficient (Wildman–Crippen LogP) is 1.90. The molecule has 3 N–H and O–H groups in total. The molecular weight excluding hydrogens is 288 g/mol. The lowest BCUT2D eigenvalue weighted by atomic mass is 9.81. The van der Waals surface area contributed by atoms with Crippen molar-refractivity contribution < 1.29 is 29.6 Å². The third-order valence-electron chi connectivity index (χ3n) is 3.79. The topological polar surface area (TPSA) is 104 Å². The van der Waals surface area contributed by atoms with Crippen LogP contribution in [0.1, 0.15) is 37.4 Å². The number of hydrogen-bond acceptors (Lipinski definition) is 6. The average molecular weight is 300 g/mol. The summed E-state index contributed by atoms with van der Waals surface area (Å²) in [5.74, 6) is -2.19. The first-order valence-electron chi connectivity index (χ1n) is 6.42. The molecule has 0 fully saturated rings. The summed E-state index contributed by atoms with van der Waals surface area (Å²) >= 11 is 0. The van der Waals surface area contributed by atoms with Crippen molar-refractivity contribution in [3.63, 3.8) is 0 Å². The van der Waals surface area contributed by atoms with Crippen LogP contribution in [0.4, 0.5) is 0 Å². The number of carbonyl (C=O) groups is 2. The van der Waals surface area contributed by atoms with Gasteiger partial charge in [-0.25, -0.2) is 0 Å². The zero-order valence-electron chi connectivity index (χ0n) is 11.8. The van der Waals surface area contributed by atoms with Gasteiger partial charge in [0.2, 0.25) is 0 Å². The molecular formula is C16H12O6. The first-order chi connectivity index (χ1) is 10.4. The van der Waals surface area contributed by atoms with Crippen LogP contribution >= 0.6 is 0 Å². The third kappa shape index (κ3) is 1.67. The molecule has 0 spiro atoms. The van der Waals surface area contributed by atoms with Crippen molar-refractivity contribution in [2.45, 2.75) is 6.92 Å². The lowest BCUT2D eigenvalue weighted by Crippen LogP contribution is -2.22. The number of fused-ring (bicyclic) bond motifs is 2. The summed E-state index contributed by atoms with van der Waals surface area (Å²) in [5, 5.41) is 29.5. The smallest absolute Gasteiger partial charge is 0.198 e. The van der Waals surface area contributed by atoms with Crippen molar-refractivity contribution >= 4 is 11.6 Å². The molecule has 0 amide bonds. The number of methoxy groups -OCH3 is 1. The van der Waals surface area contributed by atoms with Crippen molar-refractivity contribution in [1.29, 1.82) is 0 Å². The van der Waals surface area contributed by atoms with E-state index in [0.29, 0.717) is 0 Å². The zero-order valence-corrected chi connectivity index (χ0v) is 11.8. The van der Waals surface area contributed by atoms with Crippen LogP contribution in [0.15, 0.2) is 18.2 Å². The van der Waals surface area contributed by atoms with Gasteiger partial charge < -0.3 is 20.1 Å². The number of ether oxygens (including phenoxy) is 1. The SMILES string of the molecule is COc1cc(O)c2c(c1)C(=O)c1cc(O)c(O)c(C)c1C2=O. The van der Waals surface area contributed by atoms with Gasteiger partial charge in [0.05, 0.1) is 12.7 Å². The average Bonchev–Trinajstić information content (AvgIpc) is 2.49. The van der Waals surface area contributed by atoms with E-state index in [2.05, 4.69) is 0 Å². The van der Waals surface area contributed by atoms with Crippen molar-refractivity contribution in [3.05, 3.63) is 46.0 Å². The van der Waals surface area contributed by atoms with Gasteiger partial charge in [0.25, 0.3) is 0 Å². The lowest BCUT2D eigenvalue weighted by Gasteiger charge is -2.21. The maximum atomic E-state index is 12.6. The first-order valence-corrected chi connectivity index (χ1v) is 6.42. The van der Waals surface area contributed by atoms with Crippen LogP contribution in [0, 0.1) is 6.92 Å². The number of rotatable bonds is 1. The minimum Gasteiger partial charge on any atom is -0.507 e. The van der Waals surface area contributed by atoms with Gasteiger partial charge in [0, 0.05) is 28.3 Å². The van der Waals surface area contributed by atoms with Crippen LogP contribution < -0.4 is 4.74 Å². The molecule has 0 atom stereocenters. The van der Waals surface area contributed by atoms with Gasteiger partial charge in [0.15, 0.2) is 23.1 Å². The van der Waals surface area contributed by atoms with E-state index in [1.54, 1.807) is 0 Å². The fourth-order valence-electron chi connectivity index (χ4n) is 2.67. The second kappa shape index (κ2) is 4.49. The maximum Gasteiger partial charge on any atom is 0.198 e. The maximum absolute atomic E-state index is 12.6. The van der Waals surface area contributed by atoms with E-state index in [1.165, 1.54) is 26.2 Å². The van der Waals surface area contributed by atoms with Crippen LogP contribution in [-0.2, 0) is 0 Å². The van der Waals surface area contributed by atoms with Gasteiger partial charge in [-0.2, -0.15) is 0 Å². The molecule has 2 aromatic rings. The van der Waals surface area contributed by atoms with Crippen molar-refractivity contribution in [1.82, 2.24) is 0 Å². The van der Waals surface area contributed by atoms with Crippen LogP contribution in [0.3, 0.4) is 0 Å². The van der Waals surface area contributed by atoms with Gasteiger partial charge in [-0.15, -0.1) is 0 Å². The number of carbonyl (C=O) groups excluding carboxylic acids is 2. The van der Waals surface area contributed by atoms with Gasteiger partial charge in [-0.1, -0.05) is 0 Å². The van der Waals surface area contributed by atoms with Gasteiger partial charge in [-0.05, 0) is 19.1 Å². The first kappa shape index (κ1) is 13.9. The van der Waals surface area contributed by atoms with E-state index < -0.39 is 23.1 Å². The minimum absolute atomic E-state index is 0.00107. The largest absolute Gasteiger partial charge is 0.507 e. The Morgan fingerprint density at radius 3 is 2.14 bits per heavy atom. The quantitative estimate of drug-likeness (QED) is 0.593. The summed E-state index contributed by atoms with van der Waals surface area (Å²) in [6.07, 6.45) is 0. The molecule has 3 rings (SSSR count). The Labute approximate surface area is 125 Å². The van der Waals surface area contributed by atoms with E-state index in [1.807, 2.05) is 0 Å². The van der Waals surface area contributed by atoms with Crippen LogP contribution in [0.25, 0.3) is 0 Å². The Morgan fingerprint density at radius 1 is 0.864 bits per heavy atom. The second-order valence-corrected chi connectivity index (χ2v) is 5.02. The lowest BCUT2D eigenvalue weighted by molar-refractivity contribution is 0.0975. The highest BCUT2D eigenvalue weighted by Gasteiger charge is 2.35. The molecule has 0 aliphatic heterocycles. The molecule has 2 aromatic carbocycles. The molecule has 0 unspecified atom stereocenters. The number of phenolic OH excluding ortho intramolecular Hbond substituents is 3. The summed E-state index contributed by atoms with van der Waals surface area (Å²) < 4.78 is 4.99. The number of ketones is 2. The van der Waals surface area contributed by atoms with Crippen LogP contribution in [-0.4, -0.2) is 34.0 Å².